The summed E-state index contributed by atoms with van der Waals surface area (Å²) in [6, 6.07) is 16.1. The first-order chi connectivity index (χ1) is 14.6. The van der Waals surface area contributed by atoms with Crippen LogP contribution in [-0.2, 0) is 19.1 Å². The standard InChI is InChI=1S/C24H25NO5/c1-29-23(28)24(14-8-3-9-15-24)20-17-12-6-7-13-18(17)30-22(27)19(20)21(26)25-16-10-4-2-5-11-16/h2,4-7,10-13,19-20H,3,8-9,14-15H2,1H3,(H,25,26)/t19-,20-/m1/s1. The SMILES string of the molecule is COC(=O)C1([C@@H]2c3ccccc3OC(=O)[C@H]2C(=O)Nc2ccccc2)CCCCC1. The maximum Gasteiger partial charge on any atom is 0.324 e. The second-order valence-corrected chi connectivity index (χ2v) is 7.98. The van der Waals surface area contributed by atoms with Gasteiger partial charge in [0.2, 0.25) is 5.91 Å². The molecule has 0 aromatic heterocycles. The third-order valence-electron chi connectivity index (χ3n) is 6.31. The van der Waals surface area contributed by atoms with Crippen LogP contribution in [0.1, 0.15) is 43.6 Å². The smallest absolute Gasteiger partial charge is 0.324 e. The maximum atomic E-state index is 13.3. The van der Waals surface area contributed by atoms with Crippen LogP contribution in [0.5, 0.6) is 5.75 Å². The number of nitrogens with one attached hydrogen (secondary N) is 1. The Labute approximate surface area is 175 Å². The predicted molar refractivity (Wildman–Crippen MR) is 111 cm³/mol. The second kappa shape index (κ2) is 8.30. The first kappa shape index (κ1) is 20.1. The fourth-order valence-corrected chi connectivity index (χ4v) is 4.96. The van der Waals surface area contributed by atoms with E-state index in [1.165, 1.54) is 7.11 Å². The van der Waals surface area contributed by atoms with Crippen molar-refractivity contribution in [3.8, 4) is 5.75 Å². The summed E-state index contributed by atoms with van der Waals surface area (Å²) < 4.78 is 10.8. The van der Waals surface area contributed by atoms with Crippen LogP contribution < -0.4 is 10.1 Å². The largest absolute Gasteiger partial charge is 0.469 e. The Hall–Kier alpha value is -3.15. The molecule has 0 radical (unpaired) electrons. The summed E-state index contributed by atoms with van der Waals surface area (Å²) in [5.41, 5.74) is 0.350. The molecule has 156 valence electrons. The van der Waals surface area contributed by atoms with Gasteiger partial charge < -0.3 is 14.8 Å². The van der Waals surface area contributed by atoms with Gasteiger partial charge in [-0.1, -0.05) is 55.7 Å². The lowest BCUT2D eigenvalue weighted by atomic mass is 9.59. The van der Waals surface area contributed by atoms with Crippen molar-refractivity contribution in [3.05, 3.63) is 60.2 Å². The number of benzene rings is 2. The van der Waals surface area contributed by atoms with Gasteiger partial charge in [-0.3, -0.25) is 14.4 Å². The summed E-state index contributed by atoms with van der Waals surface area (Å²) in [6.45, 7) is 0. The van der Waals surface area contributed by atoms with Gasteiger partial charge in [0.25, 0.3) is 0 Å². The van der Waals surface area contributed by atoms with E-state index in [0.29, 0.717) is 29.8 Å². The molecule has 6 nitrogen and oxygen atoms in total. The van der Waals surface area contributed by atoms with Gasteiger partial charge in [0.1, 0.15) is 11.7 Å². The van der Waals surface area contributed by atoms with E-state index in [4.69, 9.17) is 9.47 Å². The van der Waals surface area contributed by atoms with Gasteiger partial charge in [-0.05, 0) is 31.0 Å². The second-order valence-electron chi connectivity index (χ2n) is 7.98. The van der Waals surface area contributed by atoms with Gasteiger partial charge in [0, 0.05) is 17.2 Å². The number of rotatable bonds is 4. The fraction of sp³-hybridized carbons (Fsp3) is 0.375. The lowest BCUT2D eigenvalue weighted by Gasteiger charge is -2.45. The molecule has 1 fully saturated rings. The zero-order chi connectivity index (χ0) is 21.1. The number of fused-ring (bicyclic) bond motifs is 1. The number of amides is 1. The minimum absolute atomic E-state index is 0.366. The molecule has 0 bridgehead atoms. The van der Waals surface area contributed by atoms with Crippen LogP contribution >= 0.6 is 0 Å². The molecule has 2 aliphatic rings. The Morgan fingerprint density at radius 1 is 1.00 bits per heavy atom. The monoisotopic (exact) mass is 407 g/mol. The van der Waals surface area contributed by atoms with Gasteiger partial charge in [-0.2, -0.15) is 0 Å². The van der Waals surface area contributed by atoms with Crippen molar-refractivity contribution in [3.63, 3.8) is 0 Å². The molecule has 2 aromatic rings. The maximum absolute atomic E-state index is 13.3. The molecule has 1 heterocycles. The molecule has 1 amide bonds. The average Bonchev–Trinajstić information content (AvgIpc) is 2.78. The highest BCUT2D eigenvalue weighted by Crippen LogP contribution is 2.55. The van der Waals surface area contributed by atoms with Crippen LogP contribution in [-0.4, -0.2) is 25.0 Å². The minimum Gasteiger partial charge on any atom is -0.469 e. The summed E-state index contributed by atoms with van der Waals surface area (Å²) >= 11 is 0. The fourth-order valence-electron chi connectivity index (χ4n) is 4.96. The molecular formula is C24H25NO5. The Balaban J connectivity index is 1.82. The van der Waals surface area contributed by atoms with Crippen LogP contribution in [0.15, 0.2) is 54.6 Å². The van der Waals surface area contributed by atoms with E-state index in [1.54, 1.807) is 36.4 Å². The molecule has 0 unspecified atom stereocenters. The van der Waals surface area contributed by atoms with E-state index < -0.39 is 29.1 Å². The van der Waals surface area contributed by atoms with Crippen molar-refractivity contribution >= 4 is 23.5 Å². The number of carbonyl (C=O) groups is 3. The number of hydrogen-bond donors (Lipinski definition) is 1. The lowest BCUT2D eigenvalue weighted by Crippen LogP contribution is -2.51. The van der Waals surface area contributed by atoms with Crippen molar-refractivity contribution in [2.45, 2.75) is 38.0 Å². The number of para-hydroxylation sites is 2. The number of ether oxygens (including phenoxy) is 2. The summed E-state index contributed by atoms with van der Waals surface area (Å²) in [5, 5.41) is 2.82. The average molecular weight is 407 g/mol. The summed E-state index contributed by atoms with van der Waals surface area (Å²) in [7, 11) is 1.37. The number of hydrogen-bond acceptors (Lipinski definition) is 5. The molecular weight excluding hydrogens is 382 g/mol. The van der Waals surface area contributed by atoms with Crippen LogP contribution in [0.2, 0.25) is 0 Å². The zero-order valence-electron chi connectivity index (χ0n) is 16.9. The minimum atomic E-state index is -1.14. The summed E-state index contributed by atoms with van der Waals surface area (Å²) in [4.78, 5) is 39.5. The van der Waals surface area contributed by atoms with E-state index in [2.05, 4.69) is 5.32 Å². The first-order valence-corrected chi connectivity index (χ1v) is 10.3. The van der Waals surface area contributed by atoms with E-state index in [9.17, 15) is 14.4 Å². The first-order valence-electron chi connectivity index (χ1n) is 10.3. The van der Waals surface area contributed by atoms with Gasteiger partial charge in [0.15, 0.2) is 0 Å². The Bertz CT molecular complexity index is 949. The van der Waals surface area contributed by atoms with Gasteiger partial charge in [-0.25, -0.2) is 0 Å². The molecule has 1 saturated carbocycles. The van der Waals surface area contributed by atoms with E-state index in [0.717, 1.165) is 19.3 Å². The molecule has 0 spiro atoms. The molecule has 1 N–H and O–H groups in total. The Morgan fingerprint density at radius 2 is 1.67 bits per heavy atom. The van der Waals surface area contributed by atoms with E-state index >= 15 is 0 Å². The highest BCUT2D eigenvalue weighted by molar-refractivity contribution is 6.07. The van der Waals surface area contributed by atoms with Gasteiger partial charge in [-0.15, -0.1) is 0 Å². The number of methoxy groups -OCH3 is 1. The molecule has 6 heteroatoms. The lowest BCUT2D eigenvalue weighted by molar-refractivity contribution is -0.162. The highest BCUT2D eigenvalue weighted by atomic mass is 16.5. The molecule has 1 aliphatic heterocycles. The Kier molecular flexibility index (Phi) is 5.57. The topological polar surface area (TPSA) is 81.7 Å². The van der Waals surface area contributed by atoms with Gasteiger partial charge >= 0.3 is 11.9 Å². The highest BCUT2D eigenvalue weighted by Gasteiger charge is 2.57. The van der Waals surface area contributed by atoms with Gasteiger partial charge in [0.05, 0.1) is 12.5 Å². The normalized spacial score (nSPS) is 22.4. The quantitative estimate of drug-likeness (QED) is 0.469. The van der Waals surface area contributed by atoms with Crippen molar-refractivity contribution in [1.82, 2.24) is 0 Å². The van der Waals surface area contributed by atoms with Crippen LogP contribution in [0.4, 0.5) is 5.69 Å². The zero-order valence-corrected chi connectivity index (χ0v) is 16.9. The van der Waals surface area contributed by atoms with Crippen LogP contribution in [0.3, 0.4) is 0 Å². The summed E-state index contributed by atoms with van der Waals surface area (Å²) in [5.74, 6) is -2.86. The molecule has 30 heavy (non-hydrogen) atoms. The van der Waals surface area contributed by atoms with E-state index in [1.807, 2.05) is 18.2 Å². The van der Waals surface area contributed by atoms with E-state index in [-0.39, 0.29) is 5.97 Å². The third kappa shape index (κ3) is 3.47. The van der Waals surface area contributed by atoms with Crippen LogP contribution in [0, 0.1) is 11.3 Å². The molecule has 4 rings (SSSR count). The molecule has 1 aliphatic carbocycles. The van der Waals surface area contributed by atoms with Crippen molar-refractivity contribution in [2.24, 2.45) is 11.3 Å². The van der Waals surface area contributed by atoms with Crippen LogP contribution in [0.25, 0.3) is 0 Å². The van der Waals surface area contributed by atoms with Crippen molar-refractivity contribution in [2.75, 3.05) is 12.4 Å². The molecule has 2 aromatic carbocycles. The third-order valence-corrected chi connectivity index (χ3v) is 6.31. The predicted octanol–water partition coefficient (Wildman–Crippen LogP) is 4.07. The summed E-state index contributed by atoms with van der Waals surface area (Å²) in [6.07, 6.45) is 3.84. The number of esters is 2. The van der Waals surface area contributed by atoms with Crippen molar-refractivity contribution in [1.29, 1.82) is 0 Å². The number of anilines is 1. The molecule has 2 atom stereocenters. The number of carbonyl (C=O) groups excluding carboxylic acids is 3. The Morgan fingerprint density at radius 3 is 2.37 bits per heavy atom. The van der Waals surface area contributed by atoms with Crippen molar-refractivity contribution < 1.29 is 23.9 Å². The molecule has 0 saturated heterocycles.